The molecule has 0 fully saturated rings. The largest absolute Gasteiger partial charge is 0.508 e. The van der Waals surface area contributed by atoms with E-state index in [-0.39, 0.29) is 27.5 Å². The highest BCUT2D eigenvalue weighted by atomic mass is 32.2. The Balaban J connectivity index is 3.18. The van der Waals surface area contributed by atoms with Crippen LogP contribution in [0.25, 0.3) is 0 Å². The van der Waals surface area contributed by atoms with Gasteiger partial charge in [0.2, 0.25) is 10.0 Å². The van der Waals surface area contributed by atoms with Gasteiger partial charge in [-0.05, 0) is 32.0 Å². The zero-order valence-corrected chi connectivity index (χ0v) is 16.5. The number of hydrogen-bond donors (Lipinski definition) is 2. The Morgan fingerprint density at radius 2 is 1.81 bits per heavy atom. The molecule has 2 N–H and O–H groups in total. The van der Waals surface area contributed by atoms with Gasteiger partial charge in [0.1, 0.15) is 23.0 Å². The van der Waals surface area contributed by atoms with E-state index in [0.717, 1.165) is 10.4 Å². The Kier molecular flexibility index (Phi) is 7.26. The maximum Gasteiger partial charge on any atom is 0.338 e. The standard InChI is InChI=1S/C17H22N2O7S/c1-10(18)16(11(2)20)13(21)9-26-17(22)12-6-7-14(25-5)15(8-12)27(23,24)19(3)4/h6-8,18,21H,9H2,1-5H3/b16-13-,18-10?. The molecule has 0 heterocycles. The van der Waals surface area contributed by atoms with E-state index >= 15 is 0 Å². The summed E-state index contributed by atoms with van der Waals surface area (Å²) in [6.45, 7) is 1.86. The zero-order valence-electron chi connectivity index (χ0n) is 15.7. The Morgan fingerprint density at radius 1 is 1.22 bits per heavy atom. The fourth-order valence-electron chi connectivity index (χ4n) is 2.18. The predicted molar refractivity (Wildman–Crippen MR) is 97.9 cm³/mol. The van der Waals surface area contributed by atoms with Gasteiger partial charge in [0.05, 0.1) is 18.2 Å². The van der Waals surface area contributed by atoms with Crippen LogP contribution >= 0.6 is 0 Å². The van der Waals surface area contributed by atoms with Gasteiger partial charge in [-0.25, -0.2) is 17.5 Å². The minimum absolute atomic E-state index is 0.0567. The number of ketones is 1. The van der Waals surface area contributed by atoms with Gasteiger partial charge in [-0.15, -0.1) is 0 Å². The van der Waals surface area contributed by atoms with Crippen molar-refractivity contribution < 1.29 is 32.6 Å². The first-order valence-electron chi connectivity index (χ1n) is 7.69. The number of Topliss-reactive ketones (excluding diaryl/α,β-unsaturated/α-hetero) is 1. The minimum Gasteiger partial charge on any atom is -0.508 e. The van der Waals surface area contributed by atoms with Gasteiger partial charge in [0.15, 0.2) is 5.78 Å². The van der Waals surface area contributed by atoms with Gasteiger partial charge in [0, 0.05) is 19.8 Å². The maximum absolute atomic E-state index is 12.4. The van der Waals surface area contributed by atoms with Gasteiger partial charge in [-0.3, -0.25) is 4.79 Å². The molecule has 9 nitrogen and oxygen atoms in total. The Bertz CT molecular complexity index is 886. The number of carbonyl (C=O) groups is 2. The Morgan fingerprint density at radius 3 is 2.26 bits per heavy atom. The second-order valence-electron chi connectivity index (χ2n) is 5.73. The fourth-order valence-corrected chi connectivity index (χ4v) is 3.25. The molecule has 0 saturated carbocycles. The molecule has 0 bridgehead atoms. The van der Waals surface area contributed by atoms with Crippen LogP contribution in [0.5, 0.6) is 5.75 Å². The van der Waals surface area contributed by atoms with Crippen LogP contribution in [0.15, 0.2) is 34.4 Å². The van der Waals surface area contributed by atoms with Crippen LogP contribution in [-0.4, -0.2) is 63.1 Å². The molecule has 10 heteroatoms. The molecule has 1 rings (SSSR count). The minimum atomic E-state index is -3.87. The lowest BCUT2D eigenvalue weighted by atomic mass is 10.1. The van der Waals surface area contributed by atoms with E-state index in [2.05, 4.69) is 0 Å². The Hall–Kier alpha value is -2.72. The van der Waals surface area contributed by atoms with Crippen molar-refractivity contribution >= 4 is 27.5 Å². The number of carbonyl (C=O) groups excluding carboxylic acids is 2. The molecule has 1 aromatic rings. The van der Waals surface area contributed by atoms with E-state index in [9.17, 15) is 23.1 Å². The van der Waals surface area contributed by atoms with Crippen molar-refractivity contribution in [1.82, 2.24) is 4.31 Å². The first-order chi connectivity index (χ1) is 12.4. The van der Waals surface area contributed by atoms with Crippen LogP contribution in [0.2, 0.25) is 0 Å². The Labute approximate surface area is 157 Å². The molecule has 0 aromatic heterocycles. The molecular formula is C17H22N2O7S. The van der Waals surface area contributed by atoms with Crippen molar-refractivity contribution in [3.8, 4) is 5.75 Å². The number of esters is 1. The van der Waals surface area contributed by atoms with Crippen molar-refractivity contribution in [2.75, 3.05) is 27.8 Å². The van der Waals surface area contributed by atoms with Crippen LogP contribution in [-0.2, 0) is 19.6 Å². The molecule has 0 aliphatic carbocycles. The van der Waals surface area contributed by atoms with Crippen LogP contribution in [0.4, 0.5) is 0 Å². The van der Waals surface area contributed by atoms with Crippen LogP contribution < -0.4 is 4.74 Å². The van der Waals surface area contributed by atoms with Gasteiger partial charge in [0.25, 0.3) is 0 Å². The number of benzene rings is 1. The average Bonchev–Trinajstić information content (AvgIpc) is 2.58. The summed E-state index contributed by atoms with van der Waals surface area (Å²) in [5, 5.41) is 17.4. The van der Waals surface area contributed by atoms with Gasteiger partial charge < -0.3 is 20.0 Å². The molecule has 148 valence electrons. The number of hydrogen-bond acceptors (Lipinski definition) is 8. The van der Waals surface area contributed by atoms with Crippen LogP contribution in [0.3, 0.4) is 0 Å². The smallest absolute Gasteiger partial charge is 0.338 e. The van der Waals surface area contributed by atoms with Gasteiger partial charge >= 0.3 is 5.97 Å². The molecule has 27 heavy (non-hydrogen) atoms. The summed E-state index contributed by atoms with van der Waals surface area (Å²) in [4.78, 5) is 23.4. The molecule has 1 aromatic carbocycles. The molecule has 0 amide bonds. The van der Waals surface area contributed by atoms with Crippen LogP contribution in [0, 0.1) is 5.41 Å². The lowest BCUT2D eigenvalue weighted by Gasteiger charge is -2.15. The predicted octanol–water partition coefficient (Wildman–Crippen LogP) is 1.54. The van der Waals surface area contributed by atoms with Crippen molar-refractivity contribution in [2.45, 2.75) is 18.7 Å². The number of nitrogens with one attached hydrogen (secondary N) is 1. The summed E-state index contributed by atoms with van der Waals surface area (Å²) >= 11 is 0. The molecule has 0 aliphatic rings. The number of nitrogens with zero attached hydrogens (tertiary/aromatic N) is 1. The number of aliphatic hydroxyl groups is 1. The van der Waals surface area contributed by atoms with Gasteiger partial charge in [-0.1, -0.05) is 0 Å². The second kappa shape index (κ2) is 8.78. The number of methoxy groups -OCH3 is 1. The van der Waals surface area contributed by atoms with Crippen molar-refractivity contribution in [3.63, 3.8) is 0 Å². The van der Waals surface area contributed by atoms with Crippen molar-refractivity contribution in [2.24, 2.45) is 0 Å². The topological polar surface area (TPSA) is 134 Å². The van der Waals surface area contributed by atoms with E-state index in [4.69, 9.17) is 14.9 Å². The number of sulfonamides is 1. The van der Waals surface area contributed by atoms with Gasteiger partial charge in [-0.2, -0.15) is 0 Å². The molecule has 0 radical (unpaired) electrons. The zero-order chi connectivity index (χ0) is 20.9. The maximum atomic E-state index is 12.4. The third-order valence-electron chi connectivity index (χ3n) is 3.51. The third kappa shape index (κ3) is 5.14. The average molecular weight is 398 g/mol. The summed E-state index contributed by atoms with van der Waals surface area (Å²) < 4.78 is 35.7. The highest BCUT2D eigenvalue weighted by Gasteiger charge is 2.24. The van der Waals surface area contributed by atoms with Crippen molar-refractivity contribution in [3.05, 3.63) is 35.1 Å². The second-order valence-corrected chi connectivity index (χ2v) is 7.85. The summed E-state index contributed by atoms with van der Waals surface area (Å²) in [5.74, 6) is -1.95. The monoisotopic (exact) mass is 398 g/mol. The highest BCUT2D eigenvalue weighted by molar-refractivity contribution is 7.89. The first kappa shape index (κ1) is 22.3. The molecule has 0 spiro atoms. The van der Waals surface area contributed by atoms with E-state index in [0.29, 0.717) is 0 Å². The van der Waals surface area contributed by atoms with E-state index < -0.39 is 34.1 Å². The number of allylic oxidation sites excluding steroid dienone is 1. The first-order valence-corrected chi connectivity index (χ1v) is 9.13. The summed E-state index contributed by atoms with van der Waals surface area (Å²) in [5.41, 5.74) is -0.492. The molecular weight excluding hydrogens is 376 g/mol. The molecule has 0 unspecified atom stereocenters. The van der Waals surface area contributed by atoms with E-state index in [1.165, 1.54) is 47.2 Å². The fraction of sp³-hybridized carbons (Fsp3) is 0.353. The third-order valence-corrected chi connectivity index (χ3v) is 5.35. The normalized spacial score (nSPS) is 12.4. The summed E-state index contributed by atoms with van der Waals surface area (Å²) in [7, 11) is 0.103. The lowest BCUT2D eigenvalue weighted by molar-refractivity contribution is -0.113. The number of aliphatic hydroxyl groups excluding tert-OH is 1. The number of rotatable bonds is 8. The van der Waals surface area contributed by atoms with E-state index in [1.807, 2.05) is 0 Å². The molecule has 0 aliphatic heterocycles. The van der Waals surface area contributed by atoms with E-state index in [1.54, 1.807) is 0 Å². The lowest BCUT2D eigenvalue weighted by Crippen LogP contribution is -2.23. The van der Waals surface area contributed by atoms with Crippen molar-refractivity contribution in [1.29, 1.82) is 5.41 Å². The SMILES string of the molecule is COc1ccc(C(=O)OC/C(O)=C(\C(C)=N)C(C)=O)cc1S(=O)(=O)N(C)C. The summed E-state index contributed by atoms with van der Waals surface area (Å²) in [6, 6.07) is 3.72. The molecule has 0 atom stereocenters. The quantitative estimate of drug-likeness (QED) is 0.293. The summed E-state index contributed by atoms with van der Waals surface area (Å²) in [6.07, 6.45) is 0. The highest BCUT2D eigenvalue weighted by Crippen LogP contribution is 2.27. The molecule has 0 saturated heterocycles. The number of ether oxygens (including phenoxy) is 2. The van der Waals surface area contributed by atoms with Crippen LogP contribution in [0.1, 0.15) is 24.2 Å².